The van der Waals surface area contributed by atoms with Crippen LogP contribution in [0.25, 0.3) is 0 Å². The topological polar surface area (TPSA) is 42.0 Å². The van der Waals surface area contributed by atoms with Gasteiger partial charge < -0.3 is 5.32 Å². The van der Waals surface area contributed by atoms with Gasteiger partial charge in [0.1, 0.15) is 5.69 Å². The van der Waals surface area contributed by atoms with Crippen molar-refractivity contribution < 1.29 is 13.6 Å². The van der Waals surface area contributed by atoms with Crippen LogP contribution in [0, 0.1) is 17.8 Å². The minimum atomic E-state index is -2.63. The Morgan fingerprint density at radius 3 is 2.65 bits per heavy atom. The van der Waals surface area contributed by atoms with Crippen molar-refractivity contribution in [1.29, 1.82) is 0 Å². The number of hydrogen-bond donors (Lipinski definition) is 1. The van der Waals surface area contributed by atoms with Crippen molar-refractivity contribution in [3.63, 3.8) is 0 Å². The molecule has 1 aromatic rings. The predicted octanol–water partition coefficient (Wildman–Crippen LogP) is 2.37. The lowest BCUT2D eigenvalue weighted by Crippen LogP contribution is -2.50. The van der Waals surface area contributed by atoms with Gasteiger partial charge in [-0.15, -0.1) is 0 Å². The fraction of sp³-hybridized carbons (Fsp3) is 0.467. The maximum absolute atomic E-state index is 12.7. The van der Waals surface area contributed by atoms with Crippen LogP contribution in [0.2, 0.25) is 0 Å². The highest BCUT2D eigenvalue weighted by Crippen LogP contribution is 2.37. The summed E-state index contributed by atoms with van der Waals surface area (Å²) in [6, 6.07) is 2.85. The van der Waals surface area contributed by atoms with E-state index in [4.69, 9.17) is 0 Å². The second kappa shape index (κ2) is 4.86. The Morgan fingerprint density at radius 1 is 1.35 bits per heavy atom. The molecular formula is C15H14F2N2O. The number of alkyl halides is 2. The first-order chi connectivity index (χ1) is 9.52. The van der Waals surface area contributed by atoms with E-state index in [-0.39, 0.29) is 18.5 Å². The van der Waals surface area contributed by atoms with Gasteiger partial charge in [-0.1, -0.05) is 11.8 Å². The van der Waals surface area contributed by atoms with E-state index in [0.717, 1.165) is 18.4 Å². The van der Waals surface area contributed by atoms with Crippen molar-refractivity contribution in [2.24, 2.45) is 5.92 Å². The molecule has 1 amide bonds. The van der Waals surface area contributed by atoms with Crippen molar-refractivity contribution in [2.45, 2.75) is 37.6 Å². The zero-order valence-corrected chi connectivity index (χ0v) is 10.8. The van der Waals surface area contributed by atoms with Gasteiger partial charge >= 0.3 is 0 Å². The fourth-order valence-electron chi connectivity index (χ4n) is 2.04. The standard InChI is InChI=1S/C15H14F2N2O/c16-15(17)7-12(8-15)19-14(20)13-6-5-11(9-18-13)4-3-10-1-2-10/h5-6,9-10,12H,1-2,7-8H2,(H,19,20). The predicted molar refractivity (Wildman–Crippen MR) is 69.3 cm³/mol. The molecule has 2 saturated carbocycles. The third kappa shape index (κ3) is 3.13. The largest absolute Gasteiger partial charge is 0.348 e. The second-order valence-corrected chi connectivity index (χ2v) is 5.41. The van der Waals surface area contributed by atoms with Crippen LogP contribution in [0.5, 0.6) is 0 Å². The summed E-state index contributed by atoms with van der Waals surface area (Å²) in [6.07, 6.45) is 3.28. The Bertz CT molecular complexity index is 574. The van der Waals surface area contributed by atoms with Crippen LogP contribution in [0.3, 0.4) is 0 Å². The molecule has 0 radical (unpaired) electrons. The number of nitrogens with one attached hydrogen (secondary N) is 1. The zero-order valence-electron chi connectivity index (χ0n) is 10.8. The van der Waals surface area contributed by atoms with Gasteiger partial charge in [0.05, 0.1) is 0 Å². The zero-order chi connectivity index (χ0) is 14.2. The fourth-order valence-corrected chi connectivity index (χ4v) is 2.04. The van der Waals surface area contributed by atoms with Crippen molar-refractivity contribution in [1.82, 2.24) is 10.3 Å². The Balaban J connectivity index is 1.57. The highest BCUT2D eigenvalue weighted by molar-refractivity contribution is 5.92. The van der Waals surface area contributed by atoms with Crippen LogP contribution < -0.4 is 5.32 Å². The highest BCUT2D eigenvalue weighted by atomic mass is 19.3. The van der Waals surface area contributed by atoms with Gasteiger partial charge in [-0.05, 0) is 25.0 Å². The quantitative estimate of drug-likeness (QED) is 0.843. The third-order valence-electron chi connectivity index (χ3n) is 3.42. The molecule has 5 heteroatoms. The molecule has 0 aromatic carbocycles. The van der Waals surface area contributed by atoms with Crippen LogP contribution in [0.4, 0.5) is 8.78 Å². The maximum atomic E-state index is 12.7. The van der Waals surface area contributed by atoms with E-state index < -0.39 is 17.9 Å². The Kier molecular flexibility index (Phi) is 3.17. The number of halogens is 2. The lowest BCUT2D eigenvalue weighted by molar-refractivity contribution is -0.0901. The van der Waals surface area contributed by atoms with Gasteiger partial charge in [0.25, 0.3) is 11.8 Å². The second-order valence-electron chi connectivity index (χ2n) is 5.41. The maximum Gasteiger partial charge on any atom is 0.270 e. The molecule has 20 heavy (non-hydrogen) atoms. The van der Waals surface area contributed by atoms with E-state index in [1.807, 2.05) is 0 Å². The smallest absolute Gasteiger partial charge is 0.270 e. The minimum absolute atomic E-state index is 0.234. The lowest BCUT2D eigenvalue weighted by atomic mass is 9.88. The number of hydrogen-bond acceptors (Lipinski definition) is 2. The molecule has 3 rings (SSSR count). The molecule has 2 aliphatic carbocycles. The van der Waals surface area contributed by atoms with Crippen molar-refractivity contribution in [3.8, 4) is 11.8 Å². The van der Waals surface area contributed by atoms with Gasteiger partial charge in [-0.3, -0.25) is 4.79 Å². The Hall–Kier alpha value is -1.96. The monoisotopic (exact) mass is 276 g/mol. The van der Waals surface area contributed by atoms with Gasteiger partial charge in [0.2, 0.25) is 0 Å². The summed E-state index contributed by atoms with van der Waals surface area (Å²) < 4.78 is 25.3. The van der Waals surface area contributed by atoms with Gasteiger partial charge in [0.15, 0.2) is 0 Å². The Morgan fingerprint density at radius 2 is 2.10 bits per heavy atom. The van der Waals surface area contributed by atoms with E-state index in [1.165, 1.54) is 0 Å². The molecule has 2 aliphatic rings. The first-order valence-electron chi connectivity index (χ1n) is 6.68. The number of aromatic nitrogens is 1. The minimum Gasteiger partial charge on any atom is -0.348 e. The Labute approximate surface area is 115 Å². The normalized spacial score (nSPS) is 20.5. The molecule has 0 spiro atoms. The summed E-state index contributed by atoms with van der Waals surface area (Å²) in [5.74, 6) is 3.58. The van der Waals surface area contributed by atoms with Gasteiger partial charge in [0, 0.05) is 36.6 Å². The molecule has 0 saturated heterocycles. The average molecular weight is 276 g/mol. The molecule has 0 atom stereocenters. The molecule has 1 N–H and O–H groups in total. The molecule has 2 fully saturated rings. The third-order valence-corrected chi connectivity index (χ3v) is 3.42. The van der Waals surface area contributed by atoms with Crippen molar-refractivity contribution in [2.75, 3.05) is 0 Å². The average Bonchev–Trinajstić information content (AvgIpc) is 3.18. The summed E-state index contributed by atoms with van der Waals surface area (Å²) in [5.41, 5.74) is 1.00. The number of pyridine rings is 1. The first-order valence-corrected chi connectivity index (χ1v) is 6.68. The molecule has 0 unspecified atom stereocenters. The van der Waals surface area contributed by atoms with Crippen molar-refractivity contribution in [3.05, 3.63) is 29.6 Å². The lowest BCUT2D eigenvalue weighted by Gasteiger charge is -2.35. The number of carbonyl (C=O) groups is 1. The van der Waals surface area contributed by atoms with E-state index in [0.29, 0.717) is 5.92 Å². The summed E-state index contributed by atoms with van der Waals surface area (Å²) in [5, 5.41) is 2.55. The van der Waals surface area contributed by atoms with Crippen LogP contribution in [0.15, 0.2) is 18.3 Å². The first kappa shape index (κ1) is 13.0. The molecule has 0 bridgehead atoms. The summed E-state index contributed by atoms with van der Waals surface area (Å²) >= 11 is 0. The molecule has 1 aromatic heterocycles. The van der Waals surface area contributed by atoms with Gasteiger partial charge in [-0.25, -0.2) is 13.8 Å². The van der Waals surface area contributed by atoms with Crippen LogP contribution in [0.1, 0.15) is 41.7 Å². The molecule has 0 aliphatic heterocycles. The molecular weight excluding hydrogens is 262 g/mol. The number of nitrogens with zero attached hydrogens (tertiary/aromatic N) is 1. The number of rotatable bonds is 2. The van der Waals surface area contributed by atoms with Crippen LogP contribution in [-0.4, -0.2) is 22.9 Å². The number of amides is 1. The van der Waals surface area contributed by atoms with E-state index in [9.17, 15) is 13.6 Å². The van der Waals surface area contributed by atoms with E-state index >= 15 is 0 Å². The van der Waals surface area contributed by atoms with Crippen LogP contribution >= 0.6 is 0 Å². The van der Waals surface area contributed by atoms with E-state index in [1.54, 1.807) is 18.3 Å². The van der Waals surface area contributed by atoms with E-state index in [2.05, 4.69) is 22.1 Å². The SMILES string of the molecule is O=C(NC1CC(F)(F)C1)c1ccc(C#CC2CC2)cn1. The highest BCUT2D eigenvalue weighted by Gasteiger charge is 2.46. The van der Waals surface area contributed by atoms with Crippen LogP contribution in [-0.2, 0) is 0 Å². The molecule has 104 valence electrons. The number of carbonyl (C=O) groups excluding carboxylic acids is 1. The summed E-state index contributed by atoms with van der Waals surface area (Å²) in [6.45, 7) is 0. The van der Waals surface area contributed by atoms with Crippen molar-refractivity contribution >= 4 is 5.91 Å². The van der Waals surface area contributed by atoms with Gasteiger partial charge in [-0.2, -0.15) is 0 Å². The summed E-state index contributed by atoms with van der Waals surface area (Å²) in [4.78, 5) is 15.8. The summed E-state index contributed by atoms with van der Waals surface area (Å²) in [7, 11) is 0. The molecule has 3 nitrogen and oxygen atoms in total. The molecule has 1 heterocycles.